The summed E-state index contributed by atoms with van der Waals surface area (Å²) in [4.78, 5) is 16.1. The van der Waals surface area contributed by atoms with Crippen LogP contribution in [0.3, 0.4) is 0 Å². The van der Waals surface area contributed by atoms with Crippen LogP contribution in [0.5, 0.6) is 5.88 Å². The molecule has 7 heteroatoms. The number of nitrogens with zero attached hydrogens (tertiary/aromatic N) is 4. The van der Waals surface area contributed by atoms with Crippen molar-refractivity contribution in [3.63, 3.8) is 0 Å². The summed E-state index contributed by atoms with van der Waals surface area (Å²) in [5.41, 5.74) is 7.68. The zero-order valence-electron chi connectivity index (χ0n) is 14.0. The van der Waals surface area contributed by atoms with Crippen LogP contribution >= 0.6 is 0 Å². The number of anilines is 2. The number of nitrogens with two attached hydrogens (primary N) is 1. The Bertz CT molecular complexity index is 783. The molecule has 0 aromatic carbocycles. The SMILES string of the molecule is Nc1ccc(-c2nc3c(c(N4C[C@H]5CC[C@@H](C4)O5)n2)CCCO3)cn1. The van der Waals surface area contributed by atoms with E-state index in [1.165, 1.54) is 0 Å². The first-order valence-electron chi connectivity index (χ1n) is 8.92. The van der Waals surface area contributed by atoms with Crippen LogP contribution < -0.4 is 15.4 Å². The molecule has 5 rings (SSSR count). The minimum atomic E-state index is 0.315. The van der Waals surface area contributed by atoms with Gasteiger partial charge in [0.25, 0.3) is 0 Å². The Hall–Kier alpha value is -2.41. The summed E-state index contributed by atoms with van der Waals surface area (Å²) < 4.78 is 11.8. The third-order valence-electron chi connectivity index (χ3n) is 5.14. The first-order valence-corrected chi connectivity index (χ1v) is 8.92. The van der Waals surface area contributed by atoms with Crippen molar-refractivity contribution in [2.75, 3.05) is 30.3 Å². The Morgan fingerprint density at radius 1 is 1.12 bits per heavy atom. The van der Waals surface area contributed by atoms with Crippen molar-refractivity contribution in [3.05, 3.63) is 23.9 Å². The van der Waals surface area contributed by atoms with Crippen molar-refractivity contribution in [1.82, 2.24) is 15.0 Å². The monoisotopic (exact) mass is 339 g/mol. The fraction of sp³-hybridized carbons (Fsp3) is 0.500. The molecule has 0 radical (unpaired) electrons. The molecule has 2 fully saturated rings. The molecule has 0 unspecified atom stereocenters. The van der Waals surface area contributed by atoms with Crippen LogP contribution in [0.15, 0.2) is 18.3 Å². The van der Waals surface area contributed by atoms with Crippen molar-refractivity contribution < 1.29 is 9.47 Å². The Morgan fingerprint density at radius 3 is 2.72 bits per heavy atom. The van der Waals surface area contributed by atoms with Gasteiger partial charge >= 0.3 is 0 Å². The van der Waals surface area contributed by atoms with Gasteiger partial charge in [-0.05, 0) is 37.8 Å². The largest absolute Gasteiger partial charge is 0.477 e. The third kappa shape index (κ3) is 2.68. The first kappa shape index (κ1) is 14.9. The number of aromatic nitrogens is 3. The molecule has 2 atom stereocenters. The number of pyridine rings is 1. The minimum absolute atomic E-state index is 0.315. The lowest BCUT2D eigenvalue weighted by atomic mass is 10.1. The van der Waals surface area contributed by atoms with Crippen LogP contribution in [0.25, 0.3) is 11.4 Å². The number of morpholine rings is 1. The molecule has 2 N–H and O–H groups in total. The zero-order valence-corrected chi connectivity index (χ0v) is 14.0. The molecule has 0 aliphatic carbocycles. The van der Waals surface area contributed by atoms with Gasteiger partial charge in [0.1, 0.15) is 11.6 Å². The Morgan fingerprint density at radius 2 is 1.96 bits per heavy atom. The van der Waals surface area contributed by atoms with Crippen molar-refractivity contribution in [2.45, 2.75) is 37.9 Å². The van der Waals surface area contributed by atoms with Gasteiger partial charge < -0.3 is 20.1 Å². The van der Waals surface area contributed by atoms with E-state index in [9.17, 15) is 0 Å². The van der Waals surface area contributed by atoms with E-state index in [2.05, 4.69) is 14.9 Å². The number of hydrogen-bond donors (Lipinski definition) is 1. The van der Waals surface area contributed by atoms with E-state index in [0.29, 0.717) is 36.3 Å². The summed E-state index contributed by atoms with van der Waals surface area (Å²) in [6.45, 7) is 2.48. The third-order valence-corrected chi connectivity index (χ3v) is 5.14. The predicted molar refractivity (Wildman–Crippen MR) is 93.6 cm³/mol. The zero-order chi connectivity index (χ0) is 16.8. The Balaban J connectivity index is 1.58. The van der Waals surface area contributed by atoms with E-state index in [0.717, 1.165) is 55.7 Å². The van der Waals surface area contributed by atoms with Gasteiger partial charge in [0, 0.05) is 24.8 Å². The highest BCUT2D eigenvalue weighted by molar-refractivity contribution is 5.63. The van der Waals surface area contributed by atoms with E-state index < -0.39 is 0 Å². The fourth-order valence-electron chi connectivity index (χ4n) is 3.92. The van der Waals surface area contributed by atoms with E-state index in [1.807, 2.05) is 6.07 Å². The highest BCUT2D eigenvalue weighted by atomic mass is 16.5. The van der Waals surface area contributed by atoms with Crippen LogP contribution in [-0.4, -0.2) is 46.9 Å². The molecule has 0 saturated carbocycles. The van der Waals surface area contributed by atoms with Gasteiger partial charge in [0.2, 0.25) is 5.88 Å². The maximum absolute atomic E-state index is 5.98. The van der Waals surface area contributed by atoms with E-state index in [1.54, 1.807) is 12.3 Å². The molecule has 2 aromatic heterocycles. The van der Waals surface area contributed by atoms with E-state index in [-0.39, 0.29) is 0 Å². The highest BCUT2D eigenvalue weighted by Gasteiger charge is 2.36. The highest BCUT2D eigenvalue weighted by Crippen LogP contribution is 2.36. The van der Waals surface area contributed by atoms with E-state index in [4.69, 9.17) is 20.2 Å². The fourth-order valence-corrected chi connectivity index (χ4v) is 3.92. The molecule has 3 aliphatic heterocycles. The second kappa shape index (κ2) is 5.84. The van der Waals surface area contributed by atoms with Crippen LogP contribution in [0.2, 0.25) is 0 Å². The molecule has 0 spiro atoms. The average Bonchev–Trinajstić information content (AvgIpc) is 2.99. The lowest BCUT2D eigenvalue weighted by Gasteiger charge is -2.35. The summed E-state index contributed by atoms with van der Waals surface area (Å²) in [6, 6.07) is 3.67. The number of rotatable bonds is 2. The molecule has 7 nitrogen and oxygen atoms in total. The Kier molecular flexibility index (Phi) is 3.48. The van der Waals surface area contributed by atoms with Gasteiger partial charge in [-0.2, -0.15) is 4.98 Å². The van der Waals surface area contributed by atoms with Crippen molar-refractivity contribution in [1.29, 1.82) is 0 Å². The van der Waals surface area contributed by atoms with Gasteiger partial charge in [-0.3, -0.25) is 0 Å². The first-order chi connectivity index (χ1) is 12.3. The van der Waals surface area contributed by atoms with Crippen molar-refractivity contribution in [2.24, 2.45) is 0 Å². The van der Waals surface area contributed by atoms with Gasteiger partial charge in [0.05, 0.1) is 24.4 Å². The molecular weight excluding hydrogens is 318 g/mol. The molecule has 2 aromatic rings. The van der Waals surface area contributed by atoms with Crippen LogP contribution in [0.1, 0.15) is 24.8 Å². The van der Waals surface area contributed by atoms with Gasteiger partial charge in [0.15, 0.2) is 5.82 Å². The normalized spacial score (nSPS) is 24.7. The Labute approximate surface area is 146 Å². The molecule has 3 aliphatic rings. The summed E-state index contributed by atoms with van der Waals surface area (Å²) in [5, 5.41) is 0. The lowest BCUT2D eigenvalue weighted by molar-refractivity contribution is 0.0301. The topological polar surface area (TPSA) is 86.4 Å². The molecular formula is C18H21N5O2. The summed E-state index contributed by atoms with van der Waals surface area (Å²) in [5.74, 6) is 2.84. The molecule has 2 bridgehead atoms. The second-order valence-corrected chi connectivity index (χ2v) is 6.94. The van der Waals surface area contributed by atoms with Crippen LogP contribution in [-0.2, 0) is 11.2 Å². The number of ether oxygens (including phenoxy) is 2. The van der Waals surface area contributed by atoms with Crippen LogP contribution in [0.4, 0.5) is 11.6 Å². The molecule has 25 heavy (non-hydrogen) atoms. The standard InChI is InChI=1S/C18H21N5O2/c19-15-6-3-11(8-20-15)16-21-17(14-2-1-7-24-18(14)22-16)23-9-12-4-5-13(10-23)25-12/h3,6,8,12-13H,1-2,4-5,7,9-10H2,(H2,19,20)/t12-,13+. The number of hydrogen-bond acceptors (Lipinski definition) is 7. The molecule has 130 valence electrons. The number of fused-ring (bicyclic) bond motifs is 3. The van der Waals surface area contributed by atoms with E-state index >= 15 is 0 Å². The van der Waals surface area contributed by atoms with Gasteiger partial charge in [-0.15, -0.1) is 0 Å². The van der Waals surface area contributed by atoms with Gasteiger partial charge in [-0.25, -0.2) is 9.97 Å². The summed E-state index contributed by atoms with van der Waals surface area (Å²) in [7, 11) is 0. The maximum Gasteiger partial charge on any atom is 0.222 e. The predicted octanol–water partition coefficient (Wildman–Crippen LogP) is 1.81. The lowest BCUT2D eigenvalue weighted by Crippen LogP contribution is -2.43. The summed E-state index contributed by atoms with van der Waals surface area (Å²) >= 11 is 0. The second-order valence-electron chi connectivity index (χ2n) is 6.94. The van der Waals surface area contributed by atoms with Crippen molar-refractivity contribution >= 4 is 11.6 Å². The average molecular weight is 339 g/mol. The molecule has 2 saturated heterocycles. The summed E-state index contributed by atoms with van der Waals surface area (Å²) in [6.07, 6.45) is 6.58. The smallest absolute Gasteiger partial charge is 0.222 e. The number of nitrogen functional groups attached to an aromatic ring is 1. The maximum atomic E-state index is 5.98. The molecule has 5 heterocycles. The van der Waals surface area contributed by atoms with Gasteiger partial charge in [-0.1, -0.05) is 0 Å². The van der Waals surface area contributed by atoms with Crippen LogP contribution in [0, 0.1) is 0 Å². The minimum Gasteiger partial charge on any atom is -0.477 e. The quantitative estimate of drug-likeness (QED) is 0.893. The molecule has 0 amide bonds. The van der Waals surface area contributed by atoms with Crippen molar-refractivity contribution in [3.8, 4) is 17.3 Å².